The van der Waals surface area contributed by atoms with Crippen LogP contribution >= 0.6 is 7.82 Å². The predicted octanol–water partition coefficient (Wildman–Crippen LogP) is 8.71. The average Bonchev–Trinajstić information content (AvgIpc) is 3.76. The van der Waals surface area contributed by atoms with Crippen LogP contribution in [-0.4, -0.2) is 80.1 Å². The molecule has 6 atom stereocenters. The number of ether oxygens (including phenoxy) is 2. The highest BCUT2D eigenvalue weighted by Gasteiger charge is 2.55. The first-order valence-electron chi connectivity index (χ1n) is 21.5. The molecule has 1 aliphatic heterocycles. The zero-order chi connectivity index (χ0) is 42.5. The zero-order valence-electron chi connectivity index (χ0n) is 34.9. The molecule has 59 heavy (non-hydrogen) atoms. The molecule has 3 aromatic rings. The summed E-state index contributed by atoms with van der Waals surface area (Å²) < 4.78 is 51.8. The van der Waals surface area contributed by atoms with Gasteiger partial charge in [0.25, 0.3) is 0 Å². The van der Waals surface area contributed by atoms with Crippen molar-refractivity contribution in [3.8, 4) is 6.07 Å². The van der Waals surface area contributed by atoms with E-state index in [-0.39, 0.29) is 24.6 Å². The molecule has 1 aliphatic rings. The number of fused-ring (bicyclic) bond motifs is 1. The first-order valence-corrected chi connectivity index (χ1v) is 23.0. The molecule has 0 radical (unpaired) electrons. The first-order chi connectivity index (χ1) is 28.5. The monoisotopic (exact) mass is 844 g/mol. The number of nitrogens with zero attached hydrogens (tertiary/aromatic N) is 5. The Balaban J connectivity index is 1.23. The van der Waals surface area contributed by atoms with Crippen molar-refractivity contribution in [2.45, 2.75) is 166 Å². The smallest absolute Gasteiger partial charge is 0.387 e. The van der Waals surface area contributed by atoms with Gasteiger partial charge in [-0.3, -0.25) is 14.0 Å². The van der Waals surface area contributed by atoms with E-state index in [1.807, 2.05) is 6.07 Å². The third kappa shape index (κ3) is 15.6. The van der Waals surface area contributed by atoms with Crippen molar-refractivity contribution in [3.63, 3.8) is 0 Å². The number of unbranched alkanes of at least 4 members (excludes halogenated alkanes) is 17. The topological polar surface area (TPSA) is 207 Å². The fourth-order valence-corrected chi connectivity index (χ4v) is 8.43. The third-order valence-corrected chi connectivity index (χ3v) is 11.9. The second-order valence-electron chi connectivity index (χ2n) is 15.7. The summed E-state index contributed by atoms with van der Waals surface area (Å²) >= 11 is 0. The Morgan fingerprint density at radius 1 is 0.983 bits per heavy atom. The Bertz CT molecular complexity index is 1810. The molecule has 1 aromatic carbocycles. The molecule has 1 saturated heterocycles. The molecule has 16 heteroatoms. The van der Waals surface area contributed by atoms with Crippen LogP contribution in [0, 0.1) is 17.1 Å². The second-order valence-corrected chi connectivity index (χ2v) is 17.2. The van der Waals surface area contributed by atoms with E-state index in [2.05, 4.69) is 22.0 Å². The molecule has 1 unspecified atom stereocenters. The summed E-state index contributed by atoms with van der Waals surface area (Å²) in [5, 5.41) is 35.7. The van der Waals surface area contributed by atoms with Crippen molar-refractivity contribution < 1.29 is 42.6 Å². The molecule has 4 rings (SSSR count). The Labute approximate surface area is 349 Å². The molecule has 2 aromatic heterocycles. The number of anilines is 1. The molecule has 328 valence electrons. The number of hydrogen-bond donors (Lipinski definition) is 4. The van der Waals surface area contributed by atoms with Gasteiger partial charge < -0.3 is 30.3 Å². The molecular formula is C43H66FN6O8P. The number of aliphatic imine (C=N–C) groups is 1. The lowest BCUT2D eigenvalue weighted by Gasteiger charge is -2.28. The van der Waals surface area contributed by atoms with E-state index in [4.69, 9.17) is 24.3 Å². The van der Waals surface area contributed by atoms with Gasteiger partial charge in [0.1, 0.15) is 36.0 Å². The minimum atomic E-state index is -4.79. The van der Waals surface area contributed by atoms with Crippen LogP contribution in [0.4, 0.5) is 10.2 Å². The van der Waals surface area contributed by atoms with E-state index >= 15 is 0 Å². The largest absolute Gasteiger partial charge is 0.472 e. The van der Waals surface area contributed by atoms with Crippen LogP contribution in [0.15, 0.2) is 41.7 Å². The number of nitrogens with two attached hydrogens (primary N) is 1. The molecule has 5 N–H and O–H groups in total. The van der Waals surface area contributed by atoms with Gasteiger partial charge in [-0.2, -0.15) is 10.4 Å². The van der Waals surface area contributed by atoms with Gasteiger partial charge in [-0.1, -0.05) is 122 Å². The van der Waals surface area contributed by atoms with Gasteiger partial charge >= 0.3 is 7.82 Å². The van der Waals surface area contributed by atoms with Gasteiger partial charge in [0.15, 0.2) is 11.4 Å². The van der Waals surface area contributed by atoms with E-state index < -0.39 is 50.3 Å². The second kappa shape index (κ2) is 25.5. The first kappa shape index (κ1) is 48.3. The minimum Gasteiger partial charge on any atom is -0.387 e. The fraction of sp³-hybridized carbons (Fsp3) is 0.674. The highest BCUT2D eigenvalue weighted by Crippen LogP contribution is 2.47. The quantitative estimate of drug-likeness (QED) is 0.0282. The summed E-state index contributed by atoms with van der Waals surface area (Å²) in [6.07, 6.45) is 20.5. The third-order valence-electron chi connectivity index (χ3n) is 11.0. The molecule has 0 spiro atoms. The van der Waals surface area contributed by atoms with Crippen LogP contribution in [0.5, 0.6) is 0 Å². The maximum Gasteiger partial charge on any atom is 0.472 e. The number of hydrogen-bond acceptors (Lipinski definition) is 12. The van der Waals surface area contributed by atoms with E-state index in [0.29, 0.717) is 23.2 Å². The number of aliphatic hydroxyl groups is 2. The number of phosphoric ester groups is 1. The molecule has 0 bridgehead atoms. The maximum atomic E-state index is 14.1. The molecule has 1 fully saturated rings. The Kier molecular flexibility index (Phi) is 20.9. The van der Waals surface area contributed by atoms with Crippen molar-refractivity contribution in [1.82, 2.24) is 14.6 Å². The van der Waals surface area contributed by atoms with E-state index in [0.717, 1.165) is 31.7 Å². The maximum absolute atomic E-state index is 14.1. The van der Waals surface area contributed by atoms with Gasteiger partial charge in [-0.25, -0.2) is 18.5 Å². The number of benzene rings is 1. The normalized spacial score (nSPS) is 21.0. The van der Waals surface area contributed by atoms with Crippen molar-refractivity contribution in [2.75, 3.05) is 26.0 Å². The summed E-state index contributed by atoms with van der Waals surface area (Å²) in [6.45, 7) is 1.19. The number of phosphoric acid groups is 1. The number of rotatable bonds is 30. The molecule has 3 heterocycles. The van der Waals surface area contributed by atoms with E-state index in [1.165, 1.54) is 126 Å². The van der Waals surface area contributed by atoms with Crippen molar-refractivity contribution >= 4 is 25.4 Å². The van der Waals surface area contributed by atoms with Crippen LogP contribution in [0.25, 0.3) is 5.52 Å². The highest BCUT2D eigenvalue weighted by molar-refractivity contribution is 7.47. The van der Waals surface area contributed by atoms with Crippen molar-refractivity contribution in [2.24, 2.45) is 4.99 Å². The Morgan fingerprint density at radius 2 is 1.59 bits per heavy atom. The molecule has 0 amide bonds. The molecule has 14 nitrogen and oxygen atoms in total. The molecular weight excluding hydrogens is 778 g/mol. The average molecular weight is 845 g/mol. The molecule has 0 aliphatic carbocycles. The zero-order valence-corrected chi connectivity index (χ0v) is 35.8. The lowest BCUT2D eigenvalue weighted by atomic mass is 9.96. The summed E-state index contributed by atoms with van der Waals surface area (Å²) in [5.74, 6) is -0.365. The number of aliphatic hydroxyl groups excluding tert-OH is 2. The van der Waals surface area contributed by atoms with Gasteiger partial charge in [0.05, 0.1) is 43.3 Å². The minimum absolute atomic E-state index is 0.0452. The lowest BCUT2D eigenvalue weighted by molar-refractivity contribution is -0.0655. The van der Waals surface area contributed by atoms with Crippen LogP contribution in [0.2, 0.25) is 0 Å². The Morgan fingerprint density at radius 3 is 2.19 bits per heavy atom. The van der Waals surface area contributed by atoms with Gasteiger partial charge in [-0.15, -0.1) is 0 Å². The number of nitriles is 1. The molecule has 0 saturated carbocycles. The Hall–Kier alpha value is -3.32. The van der Waals surface area contributed by atoms with Crippen LogP contribution in [-0.2, 0) is 29.7 Å². The van der Waals surface area contributed by atoms with Crippen molar-refractivity contribution in [3.05, 3.63) is 59.3 Å². The van der Waals surface area contributed by atoms with Gasteiger partial charge in [-0.05, 0) is 42.3 Å². The summed E-state index contributed by atoms with van der Waals surface area (Å²) in [7, 11) is -3.37. The van der Waals surface area contributed by atoms with Crippen LogP contribution in [0.1, 0.15) is 152 Å². The number of aromatic nitrogens is 3. The SMILES string of the molecule is CCCCCCCCCCCCCCCCCCCC[C@H](COP(=O)(O)OC[C@@]1(/C=N\C)O[C@@H](c2ccc3c(N)ncnn23)[C@H](O)[C@@H]1O)OCc1cc(F)cc(C#N)c1. The summed E-state index contributed by atoms with van der Waals surface area (Å²) in [4.78, 5) is 18.7. The predicted molar refractivity (Wildman–Crippen MR) is 225 cm³/mol. The summed E-state index contributed by atoms with van der Waals surface area (Å²) in [6, 6.07) is 9.13. The fourth-order valence-electron chi connectivity index (χ4n) is 7.63. The van der Waals surface area contributed by atoms with Crippen molar-refractivity contribution in [1.29, 1.82) is 5.26 Å². The number of nitrogen functional groups attached to an aromatic ring is 1. The van der Waals surface area contributed by atoms with Gasteiger partial charge in [0.2, 0.25) is 0 Å². The number of halogens is 1. The van der Waals surface area contributed by atoms with Crippen LogP contribution < -0.4 is 5.73 Å². The summed E-state index contributed by atoms with van der Waals surface area (Å²) in [5.41, 5.74) is 5.55. The lowest BCUT2D eigenvalue weighted by Crippen LogP contribution is -2.48. The van der Waals surface area contributed by atoms with Gasteiger partial charge in [0, 0.05) is 13.3 Å². The standard InChI is InChI=1S/C43H66FN6O8P/c1-3-4-5-6-7-8-9-10-11-12-13-14-15-16-17-18-19-20-21-36(55-28-34-24-33(27-45)25-35(44)26-34)29-56-59(53,54)57-31-43(30-47-2)41(52)39(51)40(58-43)37-22-23-38-42(46)48-32-49-50(37)38/h22-26,30,32,36,39-41,51-52H,3-21,28-29,31H2,1-2H3,(H,53,54)(H2,46,48,49)/b47-30-/t36-,39+,40+,41+,43-/m1/s1. The van der Waals surface area contributed by atoms with E-state index in [1.54, 1.807) is 12.1 Å². The van der Waals surface area contributed by atoms with E-state index in [9.17, 15) is 29.3 Å². The van der Waals surface area contributed by atoms with Crippen LogP contribution in [0.3, 0.4) is 0 Å². The highest BCUT2D eigenvalue weighted by atomic mass is 31.2.